The summed E-state index contributed by atoms with van der Waals surface area (Å²) in [4.78, 5) is 0. The quantitative estimate of drug-likeness (QED) is 0.643. The lowest BCUT2D eigenvalue weighted by Crippen LogP contribution is -2.26. The number of nitrogens with zero attached hydrogens (tertiary/aromatic N) is 2. The minimum atomic E-state index is -2.46. The van der Waals surface area contributed by atoms with Crippen LogP contribution in [0, 0.1) is 22.7 Å². The maximum absolute atomic E-state index is 13.3. The van der Waals surface area contributed by atoms with Crippen molar-refractivity contribution in [1.29, 1.82) is 10.5 Å². The third-order valence-corrected chi connectivity index (χ3v) is 4.10. The van der Waals surface area contributed by atoms with Crippen LogP contribution in [-0.4, -0.2) is 17.3 Å². The standard InChI is InChI=1S/C7H11FN2S/c1-7(6-10,4-5-9)11(2,3)8/h4H2,1-3H3. The van der Waals surface area contributed by atoms with Crippen molar-refractivity contribution in [1.82, 2.24) is 0 Å². The van der Waals surface area contributed by atoms with Crippen LogP contribution in [0.5, 0.6) is 0 Å². The lowest BCUT2D eigenvalue weighted by Gasteiger charge is -2.34. The minimum absolute atomic E-state index is 0.0394. The highest BCUT2D eigenvalue weighted by Gasteiger charge is 2.37. The van der Waals surface area contributed by atoms with Crippen molar-refractivity contribution < 1.29 is 3.89 Å². The molecule has 0 rings (SSSR count). The molecule has 0 aliphatic heterocycles. The zero-order valence-corrected chi connectivity index (χ0v) is 7.70. The summed E-state index contributed by atoms with van der Waals surface area (Å²) in [5, 5.41) is 17.0. The van der Waals surface area contributed by atoms with Crippen molar-refractivity contribution >= 4 is 10.4 Å². The molecule has 0 aromatic carbocycles. The SMILES string of the molecule is CC(C#N)(CC#N)S(C)(C)F. The number of rotatable bonds is 2. The lowest BCUT2D eigenvalue weighted by molar-refractivity contribution is 0.753. The summed E-state index contributed by atoms with van der Waals surface area (Å²) < 4.78 is 12.2. The van der Waals surface area contributed by atoms with Crippen molar-refractivity contribution in [2.24, 2.45) is 0 Å². The van der Waals surface area contributed by atoms with Gasteiger partial charge < -0.3 is 0 Å². The van der Waals surface area contributed by atoms with Gasteiger partial charge in [-0.25, -0.2) is 0 Å². The Morgan fingerprint density at radius 3 is 2.00 bits per heavy atom. The minimum Gasteiger partial charge on any atom is -0.198 e. The predicted octanol–water partition coefficient (Wildman–Crippen LogP) is 2.13. The topological polar surface area (TPSA) is 47.6 Å². The maximum atomic E-state index is 13.3. The van der Waals surface area contributed by atoms with E-state index in [-0.39, 0.29) is 6.42 Å². The summed E-state index contributed by atoms with van der Waals surface area (Å²) in [5.41, 5.74) is 0. The molecule has 0 saturated heterocycles. The average molecular weight is 174 g/mol. The van der Waals surface area contributed by atoms with E-state index in [2.05, 4.69) is 0 Å². The number of hydrogen-bond acceptors (Lipinski definition) is 2. The Kier molecular flexibility index (Phi) is 2.90. The second-order valence-electron chi connectivity index (χ2n) is 2.88. The highest BCUT2D eigenvalue weighted by atomic mass is 32.3. The van der Waals surface area contributed by atoms with Crippen molar-refractivity contribution in [2.45, 2.75) is 18.1 Å². The molecule has 1 unspecified atom stereocenters. The van der Waals surface area contributed by atoms with Gasteiger partial charge in [-0.2, -0.15) is 14.4 Å². The molecule has 0 aromatic rings. The van der Waals surface area contributed by atoms with Gasteiger partial charge in [0, 0.05) is 0 Å². The van der Waals surface area contributed by atoms with Gasteiger partial charge in [-0.1, -0.05) is 10.4 Å². The molecule has 0 saturated carbocycles. The van der Waals surface area contributed by atoms with Crippen LogP contribution in [-0.2, 0) is 0 Å². The highest BCUT2D eigenvalue weighted by molar-refractivity contribution is 8.29. The largest absolute Gasteiger partial charge is 0.198 e. The van der Waals surface area contributed by atoms with Crippen molar-refractivity contribution in [3.8, 4) is 12.1 Å². The smallest absolute Gasteiger partial charge is 0.122 e. The monoisotopic (exact) mass is 174 g/mol. The molecular weight excluding hydrogens is 163 g/mol. The van der Waals surface area contributed by atoms with Crippen LogP contribution in [0.25, 0.3) is 0 Å². The molecule has 0 aliphatic carbocycles. The van der Waals surface area contributed by atoms with Crippen LogP contribution in [0.2, 0.25) is 0 Å². The molecule has 2 nitrogen and oxygen atoms in total. The van der Waals surface area contributed by atoms with Gasteiger partial charge in [-0.15, -0.1) is 0 Å². The van der Waals surface area contributed by atoms with E-state index in [1.807, 2.05) is 12.1 Å². The van der Waals surface area contributed by atoms with Gasteiger partial charge in [-0.05, 0) is 19.4 Å². The molecule has 0 bridgehead atoms. The van der Waals surface area contributed by atoms with Gasteiger partial charge in [0.1, 0.15) is 4.75 Å². The van der Waals surface area contributed by atoms with Gasteiger partial charge in [0.15, 0.2) is 0 Å². The zero-order valence-electron chi connectivity index (χ0n) is 6.89. The molecule has 0 aliphatic rings. The summed E-state index contributed by atoms with van der Waals surface area (Å²) in [5.74, 6) is 0. The molecule has 0 radical (unpaired) electrons. The second kappa shape index (κ2) is 3.11. The molecule has 0 spiro atoms. The van der Waals surface area contributed by atoms with Crippen LogP contribution >= 0.6 is 10.4 Å². The van der Waals surface area contributed by atoms with Gasteiger partial charge in [-0.3, -0.25) is 0 Å². The Balaban J connectivity index is 4.68. The van der Waals surface area contributed by atoms with E-state index in [0.29, 0.717) is 0 Å². The number of hydrogen-bond donors (Lipinski definition) is 0. The van der Waals surface area contributed by atoms with Crippen LogP contribution in [0.4, 0.5) is 3.89 Å². The summed E-state index contributed by atoms with van der Waals surface area (Å²) in [6.45, 7) is 1.49. The first kappa shape index (κ1) is 10.3. The first-order valence-corrected chi connectivity index (χ1v) is 5.43. The van der Waals surface area contributed by atoms with Gasteiger partial charge in [0.25, 0.3) is 0 Å². The van der Waals surface area contributed by atoms with Crippen LogP contribution < -0.4 is 0 Å². The molecule has 0 heterocycles. The molecule has 1 atom stereocenters. The summed E-state index contributed by atoms with van der Waals surface area (Å²) >= 11 is 0. The Morgan fingerprint density at radius 1 is 1.45 bits per heavy atom. The molecule has 4 heteroatoms. The van der Waals surface area contributed by atoms with Crippen LogP contribution in [0.15, 0.2) is 0 Å². The Morgan fingerprint density at radius 2 is 1.91 bits per heavy atom. The van der Waals surface area contributed by atoms with Crippen molar-refractivity contribution in [3.05, 3.63) is 0 Å². The van der Waals surface area contributed by atoms with Gasteiger partial charge >= 0.3 is 0 Å². The first-order chi connectivity index (χ1) is 4.87. The maximum Gasteiger partial charge on any atom is 0.122 e. The number of nitriles is 2. The van der Waals surface area contributed by atoms with Crippen LogP contribution in [0.1, 0.15) is 13.3 Å². The van der Waals surface area contributed by atoms with Gasteiger partial charge in [0.2, 0.25) is 0 Å². The summed E-state index contributed by atoms with van der Waals surface area (Å²) in [6.07, 6.45) is 2.75. The number of halogens is 1. The van der Waals surface area contributed by atoms with Gasteiger partial charge in [0.05, 0.1) is 18.6 Å². The fourth-order valence-corrected chi connectivity index (χ4v) is 1.10. The third kappa shape index (κ3) is 2.10. The van der Waals surface area contributed by atoms with E-state index in [1.54, 1.807) is 0 Å². The molecule has 0 amide bonds. The molecular formula is C7H11FN2S. The van der Waals surface area contributed by atoms with Crippen molar-refractivity contribution in [2.75, 3.05) is 12.5 Å². The van der Waals surface area contributed by atoms with E-state index >= 15 is 0 Å². The molecule has 0 fully saturated rings. The molecule has 62 valence electrons. The molecule has 0 N–H and O–H groups in total. The summed E-state index contributed by atoms with van der Waals surface area (Å²) in [7, 11) is -2.46. The highest BCUT2D eigenvalue weighted by Crippen LogP contribution is 2.55. The lowest BCUT2D eigenvalue weighted by atomic mass is 10.1. The Bertz CT molecular complexity index is 220. The third-order valence-electron chi connectivity index (χ3n) is 1.72. The van der Waals surface area contributed by atoms with E-state index < -0.39 is 15.2 Å². The van der Waals surface area contributed by atoms with Crippen molar-refractivity contribution in [3.63, 3.8) is 0 Å². The fourth-order valence-electron chi connectivity index (χ4n) is 0.471. The van der Waals surface area contributed by atoms with E-state index in [9.17, 15) is 3.89 Å². The van der Waals surface area contributed by atoms with E-state index in [1.165, 1.54) is 19.4 Å². The van der Waals surface area contributed by atoms with E-state index in [4.69, 9.17) is 10.5 Å². The summed E-state index contributed by atoms with van der Waals surface area (Å²) in [6, 6.07) is 3.68. The first-order valence-electron chi connectivity index (χ1n) is 3.08. The predicted molar refractivity (Wildman–Crippen MR) is 44.8 cm³/mol. The second-order valence-corrected chi connectivity index (χ2v) is 6.19. The Labute approximate surface area is 68.2 Å². The molecule has 11 heavy (non-hydrogen) atoms. The normalized spacial score (nSPS) is 17.6. The van der Waals surface area contributed by atoms with Crippen LogP contribution in [0.3, 0.4) is 0 Å². The fraction of sp³-hybridized carbons (Fsp3) is 0.714. The zero-order chi connectivity index (χ0) is 9.12. The Hall–Kier alpha value is -0.740. The van der Waals surface area contributed by atoms with E-state index in [0.717, 1.165) is 0 Å². The molecule has 0 aromatic heterocycles. The average Bonchev–Trinajstić information content (AvgIpc) is 1.86.